The minimum atomic E-state index is -0.154. The van der Waals surface area contributed by atoms with Crippen LogP contribution in [0.5, 0.6) is 0 Å². The number of carbonyl (C=O) groups excluding carboxylic acids is 2. The number of anilines is 1. The van der Waals surface area contributed by atoms with Crippen LogP contribution in [0.4, 0.5) is 5.69 Å². The van der Waals surface area contributed by atoms with Crippen LogP contribution in [-0.2, 0) is 4.79 Å². The minimum Gasteiger partial charge on any atom is -0.328 e. The van der Waals surface area contributed by atoms with E-state index in [9.17, 15) is 9.59 Å². The van der Waals surface area contributed by atoms with E-state index in [1.165, 1.54) is 9.80 Å². The second kappa shape index (κ2) is 8.45. The number of likely N-dealkylation sites (N-methyl/N-ethyl adjacent to an activating group) is 1. The molecular formula is C20H24ClN3O2+2. The number of nitrogens with one attached hydrogen (secondary N) is 3. The smallest absolute Gasteiger partial charge is 0.279 e. The van der Waals surface area contributed by atoms with Crippen molar-refractivity contribution in [2.24, 2.45) is 0 Å². The predicted octanol–water partition coefficient (Wildman–Crippen LogP) is -0.0773. The van der Waals surface area contributed by atoms with Crippen LogP contribution in [0, 0.1) is 0 Å². The van der Waals surface area contributed by atoms with Gasteiger partial charge in [-0.05, 0) is 18.2 Å². The summed E-state index contributed by atoms with van der Waals surface area (Å²) in [6.07, 6.45) is 0. The van der Waals surface area contributed by atoms with Gasteiger partial charge in [0.25, 0.3) is 5.91 Å². The number of quaternary nitrogens is 2. The quantitative estimate of drug-likeness (QED) is 0.642. The molecule has 136 valence electrons. The van der Waals surface area contributed by atoms with E-state index in [4.69, 9.17) is 11.6 Å². The molecule has 1 heterocycles. The Balaban J connectivity index is 1.73. The Labute approximate surface area is 158 Å². The van der Waals surface area contributed by atoms with Crippen LogP contribution >= 0.6 is 11.6 Å². The van der Waals surface area contributed by atoms with E-state index < -0.39 is 0 Å². The van der Waals surface area contributed by atoms with E-state index in [0.29, 0.717) is 28.4 Å². The van der Waals surface area contributed by atoms with E-state index in [0.717, 1.165) is 26.2 Å². The van der Waals surface area contributed by atoms with Gasteiger partial charge >= 0.3 is 0 Å². The maximum absolute atomic E-state index is 12.8. The molecule has 0 saturated carbocycles. The maximum Gasteiger partial charge on any atom is 0.279 e. The lowest BCUT2D eigenvalue weighted by Gasteiger charge is -2.26. The van der Waals surface area contributed by atoms with Gasteiger partial charge in [-0.2, -0.15) is 0 Å². The van der Waals surface area contributed by atoms with Gasteiger partial charge in [0, 0.05) is 16.1 Å². The third-order valence-corrected chi connectivity index (χ3v) is 4.99. The highest BCUT2D eigenvalue weighted by Crippen LogP contribution is 2.23. The monoisotopic (exact) mass is 373 g/mol. The van der Waals surface area contributed by atoms with Crippen molar-refractivity contribution in [2.75, 3.05) is 45.1 Å². The average molecular weight is 374 g/mol. The van der Waals surface area contributed by atoms with Crippen molar-refractivity contribution in [3.63, 3.8) is 0 Å². The third-order valence-electron chi connectivity index (χ3n) is 4.76. The van der Waals surface area contributed by atoms with Gasteiger partial charge in [-0.25, -0.2) is 0 Å². The molecule has 0 radical (unpaired) electrons. The number of hydrogen-bond acceptors (Lipinski definition) is 2. The Morgan fingerprint density at radius 3 is 2.42 bits per heavy atom. The number of hydrogen-bond donors (Lipinski definition) is 3. The molecule has 0 atom stereocenters. The molecule has 2 aromatic rings. The summed E-state index contributed by atoms with van der Waals surface area (Å²) >= 11 is 6.08. The number of benzene rings is 2. The molecule has 0 unspecified atom stereocenters. The van der Waals surface area contributed by atoms with Crippen LogP contribution in [0.1, 0.15) is 15.9 Å². The standard InChI is InChI=1S/C20H22ClN3O2/c1-23-9-11-24(12-10-23)14-19(25)22-18-8-7-16(21)13-17(18)20(26)15-5-3-2-4-6-15/h2-8,13H,9-12,14H2,1H3,(H,22,25)/p+2. The number of halogens is 1. The van der Waals surface area contributed by atoms with Crippen LogP contribution in [0.2, 0.25) is 5.02 Å². The fourth-order valence-corrected chi connectivity index (χ4v) is 3.36. The summed E-state index contributed by atoms with van der Waals surface area (Å²) in [5, 5.41) is 3.37. The lowest BCUT2D eigenvalue weighted by Crippen LogP contribution is -3.27. The molecule has 1 aliphatic rings. The number of ketones is 1. The van der Waals surface area contributed by atoms with Crippen molar-refractivity contribution in [3.05, 3.63) is 64.7 Å². The second-order valence-electron chi connectivity index (χ2n) is 6.82. The molecule has 1 aliphatic heterocycles. The van der Waals surface area contributed by atoms with E-state index >= 15 is 0 Å². The zero-order chi connectivity index (χ0) is 18.5. The van der Waals surface area contributed by atoms with Gasteiger partial charge in [0.15, 0.2) is 12.3 Å². The van der Waals surface area contributed by atoms with Crippen molar-refractivity contribution in [3.8, 4) is 0 Å². The van der Waals surface area contributed by atoms with Crippen molar-refractivity contribution in [1.82, 2.24) is 0 Å². The first-order chi connectivity index (χ1) is 12.5. The van der Waals surface area contributed by atoms with Crippen LogP contribution in [0.3, 0.4) is 0 Å². The van der Waals surface area contributed by atoms with Gasteiger partial charge in [-0.1, -0.05) is 41.9 Å². The summed E-state index contributed by atoms with van der Waals surface area (Å²) in [6.45, 7) is 4.52. The first-order valence-corrected chi connectivity index (χ1v) is 9.25. The van der Waals surface area contributed by atoms with Crippen LogP contribution in [0.25, 0.3) is 0 Å². The summed E-state index contributed by atoms with van der Waals surface area (Å²) in [4.78, 5) is 28.1. The molecule has 2 aromatic carbocycles. The zero-order valence-corrected chi connectivity index (χ0v) is 15.6. The van der Waals surface area contributed by atoms with E-state index in [1.807, 2.05) is 18.2 Å². The minimum absolute atomic E-state index is 0.0796. The molecule has 1 amide bonds. The maximum atomic E-state index is 12.8. The molecule has 6 heteroatoms. The number of rotatable bonds is 5. The summed E-state index contributed by atoms with van der Waals surface area (Å²) in [7, 11) is 2.17. The summed E-state index contributed by atoms with van der Waals surface area (Å²) < 4.78 is 0. The van der Waals surface area contributed by atoms with Crippen molar-refractivity contribution in [1.29, 1.82) is 0 Å². The molecule has 5 nitrogen and oxygen atoms in total. The molecule has 0 spiro atoms. The molecule has 3 rings (SSSR count). The van der Waals surface area contributed by atoms with Gasteiger partial charge < -0.3 is 15.1 Å². The third kappa shape index (κ3) is 4.69. The first kappa shape index (κ1) is 18.6. The Morgan fingerprint density at radius 2 is 1.73 bits per heavy atom. The molecule has 3 N–H and O–H groups in total. The SMILES string of the molecule is C[NH+]1CC[NH+](CC(=O)Nc2ccc(Cl)cc2C(=O)c2ccccc2)CC1. The molecular weight excluding hydrogens is 350 g/mol. The zero-order valence-electron chi connectivity index (χ0n) is 14.8. The topological polar surface area (TPSA) is 55.1 Å². The van der Waals surface area contributed by atoms with Crippen LogP contribution in [0.15, 0.2) is 48.5 Å². The molecule has 26 heavy (non-hydrogen) atoms. The summed E-state index contributed by atoms with van der Waals surface area (Å²) in [5.74, 6) is -0.233. The summed E-state index contributed by atoms with van der Waals surface area (Å²) in [6, 6.07) is 14.0. The lowest BCUT2D eigenvalue weighted by molar-refractivity contribution is -0.999. The molecule has 0 aromatic heterocycles. The van der Waals surface area contributed by atoms with Gasteiger partial charge in [0.05, 0.1) is 12.7 Å². The fourth-order valence-electron chi connectivity index (χ4n) is 3.19. The molecule has 0 bridgehead atoms. The van der Waals surface area contributed by atoms with Gasteiger partial charge in [0.1, 0.15) is 26.2 Å². The van der Waals surface area contributed by atoms with E-state index in [2.05, 4.69) is 12.4 Å². The van der Waals surface area contributed by atoms with Gasteiger partial charge in [-0.15, -0.1) is 0 Å². The average Bonchev–Trinajstić information content (AvgIpc) is 2.65. The highest BCUT2D eigenvalue weighted by atomic mass is 35.5. The molecule has 0 aliphatic carbocycles. The number of amides is 1. The number of piperazine rings is 1. The second-order valence-corrected chi connectivity index (χ2v) is 7.25. The highest BCUT2D eigenvalue weighted by molar-refractivity contribution is 6.31. The van der Waals surface area contributed by atoms with Crippen molar-refractivity contribution in [2.45, 2.75) is 0 Å². The lowest BCUT2D eigenvalue weighted by atomic mass is 10.0. The van der Waals surface area contributed by atoms with E-state index in [1.54, 1.807) is 30.3 Å². The predicted molar refractivity (Wildman–Crippen MR) is 102 cm³/mol. The largest absolute Gasteiger partial charge is 0.328 e. The first-order valence-electron chi connectivity index (χ1n) is 8.87. The van der Waals surface area contributed by atoms with Gasteiger partial charge in [-0.3, -0.25) is 9.59 Å². The normalized spacial score (nSPS) is 19.8. The Morgan fingerprint density at radius 1 is 1.04 bits per heavy atom. The van der Waals surface area contributed by atoms with Gasteiger partial charge in [0.2, 0.25) is 0 Å². The number of carbonyl (C=O) groups is 2. The molecule has 1 fully saturated rings. The summed E-state index contributed by atoms with van der Waals surface area (Å²) in [5.41, 5.74) is 1.49. The Hall–Kier alpha value is -2.21. The van der Waals surface area contributed by atoms with Crippen LogP contribution < -0.4 is 15.1 Å². The fraction of sp³-hybridized carbons (Fsp3) is 0.300. The van der Waals surface area contributed by atoms with Crippen LogP contribution in [-0.4, -0.2) is 51.5 Å². The Bertz CT molecular complexity index is 787. The van der Waals surface area contributed by atoms with Crippen molar-refractivity contribution >= 4 is 29.0 Å². The van der Waals surface area contributed by atoms with Crippen molar-refractivity contribution < 1.29 is 19.4 Å². The van der Waals surface area contributed by atoms with E-state index in [-0.39, 0.29) is 11.7 Å². The highest BCUT2D eigenvalue weighted by Gasteiger charge is 2.23. The Kier molecular flexibility index (Phi) is 6.04. The molecule has 1 saturated heterocycles.